The Morgan fingerprint density at radius 1 is 0.714 bits per heavy atom. The second-order valence-electron chi connectivity index (χ2n) is 27.1. The van der Waals surface area contributed by atoms with Crippen LogP contribution in [0.15, 0.2) is 78.9 Å². The van der Waals surface area contributed by atoms with Crippen LogP contribution in [0, 0.1) is 5.92 Å². The number of hydrogen-bond acceptors (Lipinski definition) is 25. The molecular formula is C70H83Cl2N9O24. The summed E-state index contributed by atoms with van der Waals surface area (Å²) in [5.74, 6) is -15.9. The van der Waals surface area contributed by atoms with E-state index in [0.29, 0.717) is 13.0 Å². The number of nitrogens with one attached hydrogen (secondary N) is 7. The van der Waals surface area contributed by atoms with E-state index in [1.807, 2.05) is 20.8 Å². The van der Waals surface area contributed by atoms with E-state index in [0.717, 1.165) is 79.6 Å². The van der Waals surface area contributed by atoms with Crippen LogP contribution in [0.2, 0.25) is 10.0 Å². The molecule has 0 spiro atoms. The fourth-order valence-corrected chi connectivity index (χ4v) is 13.5. The van der Waals surface area contributed by atoms with Crippen molar-refractivity contribution in [1.82, 2.24) is 37.2 Å². The second-order valence-corrected chi connectivity index (χ2v) is 27.9. The van der Waals surface area contributed by atoms with Crippen molar-refractivity contribution < 1.29 is 118 Å². The first-order valence-electron chi connectivity index (χ1n) is 33.7. The molecule has 0 aliphatic carbocycles. The van der Waals surface area contributed by atoms with Crippen LogP contribution in [0.1, 0.15) is 131 Å². The number of halogens is 2. The lowest BCUT2D eigenvalue weighted by Gasteiger charge is -2.47. The lowest BCUT2D eigenvalue weighted by atomic mass is 9.86. The Hall–Kier alpha value is -9.20. The van der Waals surface area contributed by atoms with Gasteiger partial charge in [0.25, 0.3) is 0 Å². The van der Waals surface area contributed by atoms with Crippen LogP contribution in [-0.4, -0.2) is 190 Å². The summed E-state index contributed by atoms with van der Waals surface area (Å²) in [6.07, 6.45) is -16.2. The van der Waals surface area contributed by atoms with Crippen LogP contribution >= 0.6 is 23.2 Å². The molecule has 0 radical (unpaired) electrons. The lowest BCUT2D eigenvalue weighted by molar-refractivity contribution is -0.333. The molecule has 7 amide bonds. The molecule has 18 atom stereocenters. The van der Waals surface area contributed by atoms with E-state index in [1.165, 1.54) is 26.0 Å². The number of carbonyl (C=O) groups is 8. The van der Waals surface area contributed by atoms with Gasteiger partial charge in [-0.15, -0.1) is 0 Å². The van der Waals surface area contributed by atoms with Gasteiger partial charge in [0.15, 0.2) is 29.9 Å². The quantitative estimate of drug-likeness (QED) is 0.0589. The summed E-state index contributed by atoms with van der Waals surface area (Å²) in [4.78, 5) is 118. The van der Waals surface area contributed by atoms with Gasteiger partial charge >= 0.3 is 5.97 Å². The van der Waals surface area contributed by atoms with Crippen molar-refractivity contribution in [3.63, 3.8) is 0 Å². The summed E-state index contributed by atoms with van der Waals surface area (Å²) in [7, 11) is 0. The average molecular weight is 1510 g/mol. The molecular weight excluding hydrogens is 1420 g/mol. The first-order chi connectivity index (χ1) is 49.7. The number of aliphatic hydroxyl groups excluding tert-OH is 6. The van der Waals surface area contributed by atoms with E-state index in [9.17, 15) is 70.2 Å². The number of carboxylic acids is 1. The molecule has 0 unspecified atom stereocenters. The molecule has 21 N–H and O–H groups in total. The number of rotatable bonds is 17. The number of carboxylic acid groups (broad SMARTS) is 1. The standard InChI is InChI=1S/C70H83Cl2N9O24/c1-6-7-8-15-75-38(16-27(2)3)62(92)80-53-55(87)30-10-13-42(36(71)18-30)101-44-20-32-21-45(59(44)105-69-60(58(90)57(89)46(26-82)103-69)104-48-25-70(5,74)61(91)28(4)100-48)102-43-14-11-31(19-37(43)72)56(88)54-67(97)79-52(68(98)99)35-22-33(83)23-41(85)49(35)34-17-29(9-12-40(34)84)50(64(94)81-54)78-65(95)51(32)77-63(93)39(24-47(73)86)76-66(53)96/h9-14,17-23,27-28,38-39,46,48,50-58,60-61,69,75,82-85,87-91H,6-8,15-16,24-26,74H2,1-5H3,(H2,73,86)(H,76,96)(H,77,93)(H,78,95)(H,79,97)(H,80,92)(H,81,94)(H,98,99)/t28-,38+,39-,46+,48-,50+,51-,52-,53+,54-,55+,56+,57+,58-,60+,61+,69-,70-/m0/s1. The third kappa shape index (κ3) is 17.4. The van der Waals surface area contributed by atoms with Crippen molar-refractivity contribution in [2.75, 3.05) is 13.2 Å². The number of aliphatic carboxylic acids is 1. The topological polar surface area (TPSA) is 530 Å². The van der Waals surface area contributed by atoms with Gasteiger partial charge in [0.1, 0.15) is 89.5 Å². The number of hydrogen-bond donors (Lipinski definition) is 19. The molecule has 12 rings (SSSR count). The van der Waals surface area contributed by atoms with Gasteiger partial charge < -0.3 is 128 Å². The summed E-state index contributed by atoms with van der Waals surface area (Å²) < 4.78 is 38.4. The van der Waals surface area contributed by atoms with Crippen molar-refractivity contribution >= 4 is 70.5 Å². The minimum Gasteiger partial charge on any atom is -0.508 e. The monoisotopic (exact) mass is 1500 g/mol. The van der Waals surface area contributed by atoms with Crippen molar-refractivity contribution in [3.05, 3.63) is 117 Å². The summed E-state index contributed by atoms with van der Waals surface area (Å²) >= 11 is 14.2. The maximum atomic E-state index is 16.1. The van der Waals surface area contributed by atoms with Crippen LogP contribution in [0.4, 0.5) is 0 Å². The number of ether oxygens (including phenoxy) is 6. The van der Waals surface area contributed by atoms with E-state index in [-0.39, 0.29) is 46.2 Å². The number of unbranched alkanes of at least 4 members (excludes halogenated alkanes) is 2. The number of aliphatic hydroxyl groups is 6. The van der Waals surface area contributed by atoms with Gasteiger partial charge in [-0.1, -0.05) is 75.0 Å². The highest BCUT2D eigenvalue weighted by Crippen LogP contribution is 2.50. The van der Waals surface area contributed by atoms with Crippen LogP contribution in [0.3, 0.4) is 0 Å². The molecule has 566 valence electrons. The molecule has 7 aliphatic rings. The molecule has 7 aliphatic heterocycles. The van der Waals surface area contributed by atoms with Crippen molar-refractivity contribution in [1.29, 1.82) is 0 Å². The van der Waals surface area contributed by atoms with Crippen molar-refractivity contribution in [3.8, 4) is 57.1 Å². The molecule has 2 fully saturated rings. The number of phenols is 3. The number of amides is 7. The summed E-state index contributed by atoms with van der Waals surface area (Å²) in [6.45, 7) is 8.11. The van der Waals surface area contributed by atoms with Gasteiger partial charge in [-0.25, -0.2) is 4.79 Å². The Labute approximate surface area is 609 Å². The smallest absolute Gasteiger partial charge is 0.330 e. The molecule has 0 saturated carbocycles. The lowest BCUT2D eigenvalue weighted by Crippen LogP contribution is -2.64. The third-order valence-corrected chi connectivity index (χ3v) is 19.2. The number of nitrogens with two attached hydrogens (primary N) is 2. The Bertz CT molecular complexity index is 4150. The first kappa shape index (κ1) is 78.4. The summed E-state index contributed by atoms with van der Waals surface area (Å²) in [5, 5.41) is 132. The van der Waals surface area contributed by atoms with Gasteiger partial charge in [-0.2, -0.15) is 0 Å². The predicted octanol–water partition coefficient (Wildman–Crippen LogP) is 1.67. The highest BCUT2D eigenvalue weighted by Gasteiger charge is 2.52. The molecule has 35 heteroatoms. The zero-order valence-corrected chi connectivity index (χ0v) is 58.7. The van der Waals surface area contributed by atoms with E-state index in [1.54, 1.807) is 0 Å². The number of phenolic OH excluding ortho intramolecular Hbond substituents is 3. The Morgan fingerprint density at radius 3 is 1.93 bits per heavy atom. The Kier molecular flexibility index (Phi) is 24.4. The molecule has 11 bridgehead atoms. The van der Waals surface area contributed by atoms with Crippen LogP contribution < -0.4 is 62.9 Å². The highest BCUT2D eigenvalue weighted by atomic mass is 35.5. The Morgan fingerprint density at radius 2 is 1.33 bits per heavy atom. The van der Waals surface area contributed by atoms with Crippen molar-refractivity contribution in [2.24, 2.45) is 17.4 Å². The molecule has 5 aromatic rings. The predicted molar refractivity (Wildman–Crippen MR) is 368 cm³/mol. The average Bonchev–Trinajstić information content (AvgIpc) is 0.769. The van der Waals surface area contributed by atoms with Crippen molar-refractivity contribution in [2.45, 2.75) is 182 Å². The minimum absolute atomic E-state index is 0.0964. The van der Waals surface area contributed by atoms with E-state index in [2.05, 4.69) is 37.2 Å². The van der Waals surface area contributed by atoms with Gasteiger partial charge in [0.05, 0.1) is 41.3 Å². The number of benzene rings is 5. The molecule has 5 aromatic carbocycles. The van der Waals surface area contributed by atoms with E-state index >= 15 is 19.2 Å². The van der Waals surface area contributed by atoms with Crippen LogP contribution in [-0.2, 0) is 52.6 Å². The van der Waals surface area contributed by atoms with E-state index in [4.69, 9.17) is 63.1 Å². The number of carbonyl (C=O) groups excluding carboxylic acids is 7. The second kappa shape index (κ2) is 32.7. The fourth-order valence-electron chi connectivity index (χ4n) is 13.1. The van der Waals surface area contributed by atoms with Gasteiger partial charge in [-0.3, -0.25) is 33.6 Å². The normalized spacial score (nSPS) is 28.8. The third-order valence-electron chi connectivity index (χ3n) is 18.6. The van der Waals surface area contributed by atoms with E-state index < -0.39 is 237 Å². The van der Waals surface area contributed by atoms with Crippen LogP contribution in [0.25, 0.3) is 11.1 Å². The molecule has 33 nitrogen and oxygen atoms in total. The van der Waals surface area contributed by atoms with Gasteiger partial charge in [-0.05, 0) is 116 Å². The molecule has 7 heterocycles. The largest absolute Gasteiger partial charge is 0.508 e. The maximum Gasteiger partial charge on any atom is 0.330 e. The first-order valence-corrected chi connectivity index (χ1v) is 34.4. The zero-order chi connectivity index (χ0) is 76.4. The molecule has 0 aromatic heterocycles. The number of aromatic hydroxyl groups is 3. The summed E-state index contributed by atoms with van der Waals surface area (Å²) in [6, 6.07) is -0.556. The number of fused-ring (bicyclic) bond motifs is 15. The summed E-state index contributed by atoms with van der Waals surface area (Å²) in [5.41, 5.74) is 8.09. The highest BCUT2D eigenvalue weighted by molar-refractivity contribution is 6.32. The Balaban J connectivity index is 1.23. The molecule has 105 heavy (non-hydrogen) atoms. The van der Waals surface area contributed by atoms with Gasteiger partial charge in [0, 0.05) is 34.7 Å². The van der Waals surface area contributed by atoms with Gasteiger partial charge in [0.2, 0.25) is 53.4 Å². The molecule has 2 saturated heterocycles. The number of primary amides is 1. The van der Waals surface area contributed by atoms with Crippen LogP contribution in [0.5, 0.6) is 46.0 Å². The maximum absolute atomic E-state index is 16.1. The SMILES string of the molecule is CCCCCN[C@H](CC(C)C)C(=O)N[C@H]1C(=O)N[C@@H](CC(N)=O)C(=O)N[C@@H]2C(=O)N[C@H]3C(=O)N[C@H](C(=O)N[C@H](C(=O)O)c4cc(O)cc(O)c4-c4cc3ccc4O)[C@H](O)c3ccc(c(Cl)c3)Oc3cc2cc(c3O[C@@H]2O[C@H](CO)[C@@H](O)[C@H](O)[C@H]2O[C@H]2C[C@](C)(N)[C@H](O)[C@H](C)O2)Oc2ccc(cc2Cl)[C@H]1O. The zero-order valence-electron chi connectivity index (χ0n) is 57.2. The minimum atomic E-state index is -2.35. The fraction of sp³-hybridized carbons (Fsp3) is 0.457.